The molecule has 3 atom stereocenters. The van der Waals surface area contributed by atoms with Crippen LogP contribution in [0.25, 0.3) is 0 Å². The predicted octanol–water partition coefficient (Wildman–Crippen LogP) is 1.74. The smallest absolute Gasteiger partial charge is 0.237 e. The summed E-state index contributed by atoms with van der Waals surface area (Å²) in [6, 6.07) is 0.608. The van der Waals surface area contributed by atoms with Crippen LogP contribution < -0.4 is 11.1 Å². The molecule has 0 aromatic heterocycles. The maximum Gasteiger partial charge on any atom is 0.237 e. The van der Waals surface area contributed by atoms with Gasteiger partial charge >= 0.3 is 0 Å². The summed E-state index contributed by atoms with van der Waals surface area (Å²) in [5, 5.41) is 3.31. The number of likely N-dealkylation sites (tertiary alicyclic amines) is 1. The molecule has 3 N–H and O–H groups in total. The molecule has 1 fully saturated rings. The van der Waals surface area contributed by atoms with E-state index in [9.17, 15) is 4.79 Å². The summed E-state index contributed by atoms with van der Waals surface area (Å²) in [7, 11) is 0. The zero-order chi connectivity index (χ0) is 14.5. The molecule has 1 amide bonds. The van der Waals surface area contributed by atoms with E-state index in [1.807, 2.05) is 6.92 Å². The van der Waals surface area contributed by atoms with Crippen molar-refractivity contribution in [2.75, 3.05) is 19.6 Å². The third kappa shape index (κ3) is 4.46. The average molecular weight is 269 g/mol. The van der Waals surface area contributed by atoms with Gasteiger partial charge in [0.2, 0.25) is 5.91 Å². The van der Waals surface area contributed by atoms with Crippen molar-refractivity contribution in [3.05, 3.63) is 0 Å². The monoisotopic (exact) mass is 269 g/mol. The van der Waals surface area contributed by atoms with E-state index in [1.165, 1.54) is 12.8 Å². The molecule has 0 bridgehead atoms. The van der Waals surface area contributed by atoms with Crippen molar-refractivity contribution >= 4 is 5.91 Å². The zero-order valence-electron chi connectivity index (χ0n) is 13.0. The van der Waals surface area contributed by atoms with Gasteiger partial charge in [-0.3, -0.25) is 4.79 Å². The van der Waals surface area contributed by atoms with Gasteiger partial charge in [-0.2, -0.15) is 0 Å². The third-order valence-electron chi connectivity index (χ3n) is 4.71. The molecule has 0 aliphatic carbocycles. The van der Waals surface area contributed by atoms with Crippen molar-refractivity contribution in [1.82, 2.24) is 10.2 Å². The number of primary amides is 1. The van der Waals surface area contributed by atoms with Gasteiger partial charge in [-0.05, 0) is 58.5 Å². The minimum Gasteiger partial charge on any atom is -0.368 e. The Morgan fingerprint density at radius 2 is 2.16 bits per heavy atom. The van der Waals surface area contributed by atoms with Gasteiger partial charge in [0.05, 0.1) is 5.54 Å². The zero-order valence-corrected chi connectivity index (χ0v) is 13.0. The Kier molecular flexibility index (Phi) is 6.27. The molecule has 0 aromatic rings. The second-order valence-electron chi connectivity index (χ2n) is 6.27. The number of nitrogens with one attached hydrogen (secondary N) is 1. The van der Waals surface area contributed by atoms with Crippen LogP contribution in [0, 0.1) is 5.92 Å². The van der Waals surface area contributed by atoms with Crippen LogP contribution >= 0.6 is 0 Å². The van der Waals surface area contributed by atoms with Crippen molar-refractivity contribution in [3.8, 4) is 0 Å². The number of carbonyl (C=O) groups is 1. The number of nitrogens with two attached hydrogens (primary N) is 1. The molecule has 0 aromatic carbocycles. The summed E-state index contributed by atoms with van der Waals surface area (Å²) >= 11 is 0. The summed E-state index contributed by atoms with van der Waals surface area (Å²) in [4.78, 5) is 14.2. The van der Waals surface area contributed by atoms with Crippen molar-refractivity contribution in [1.29, 1.82) is 0 Å². The summed E-state index contributed by atoms with van der Waals surface area (Å²) in [5.74, 6) is 0.510. The van der Waals surface area contributed by atoms with Crippen molar-refractivity contribution in [2.45, 2.75) is 65.0 Å². The summed E-state index contributed by atoms with van der Waals surface area (Å²) in [6.45, 7) is 11.6. The SMILES string of the molecule is CCCNC(C)(CCN1CCCC(C)C1C)C(N)=O. The van der Waals surface area contributed by atoms with Crippen molar-refractivity contribution in [2.24, 2.45) is 11.7 Å². The molecular weight excluding hydrogens is 238 g/mol. The van der Waals surface area contributed by atoms with E-state index in [0.29, 0.717) is 6.04 Å². The Hall–Kier alpha value is -0.610. The van der Waals surface area contributed by atoms with Crippen molar-refractivity contribution < 1.29 is 4.79 Å². The van der Waals surface area contributed by atoms with E-state index in [-0.39, 0.29) is 5.91 Å². The normalized spacial score (nSPS) is 28.0. The molecule has 0 saturated carbocycles. The highest BCUT2D eigenvalue weighted by Gasteiger charge is 2.32. The van der Waals surface area contributed by atoms with E-state index >= 15 is 0 Å². The fourth-order valence-electron chi connectivity index (χ4n) is 2.80. The van der Waals surface area contributed by atoms with Gasteiger partial charge in [0.25, 0.3) is 0 Å². The van der Waals surface area contributed by atoms with Gasteiger partial charge in [0.15, 0.2) is 0 Å². The average Bonchev–Trinajstić information content (AvgIpc) is 2.38. The molecule has 1 rings (SSSR count). The lowest BCUT2D eigenvalue weighted by Gasteiger charge is -2.39. The fourth-order valence-corrected chi connectivity index (χ4v) is 2.80. The molecule has 0 radical (unpaired) electrons. The Labute approximate surface area is 118 Å². The van der Waals surface area contributed by atoms with E-state index in [1.54, 1.807) is 0 Å². The maximum absolute atomic E-state index is 11.7. The van der Waals surface area contributed by atoms with E-state index in [4.69, 9.17) is 5.73 Å². The van der Waals surface area contributed by atoms with E-state index in [2.05, 4.69) is 31.0 Å². The van der Waals surface area contributed by atoms with Crippen LogP contribution in [0.3, 0.4) is 0 Å². The molecule has 1 heterocycles. The van der Waals surface area contributed by atoms with E-state index in [0.717, 1.165) is 38.4 Å². The molecule has 112 valence electrons. The van der Waals surface area contributed by atoms with Gasteiger partial charge < -0.3 is 16.0 Å². The van der Waals surface area contributed by atoms with Gasteiger partial charge in [-0.15, -0.1) is 0 Å². The minimum absolute atomic E-state index is 0.237. The van der Waals surface area contributed by atoms with Gasteiger partial charge in [0, 0.05) is 12.6 Å². The topological polar surface area (TPSA) is 58.4 Å². The van der Waals surface area contributed by atoms with Gasteiger partial charge in [-0.1, -0.05) is 13.8 Å². The second kappa shape index (κ2) is 7.25. The minimum atomic E-state index is -0.573. The molecule has 0 spiro atoms. The molecule has 4 nitrogen and oxygen atoms in total. The number of carbonyl (C=O) groups excluding carboxylic acids is 1. The molecule has 1 aliphatic heterocycles. The predicted molar refractivity (Wildman–Crippen MR) is 79.9 cm³/mol. The molecule has 4 heteroatoms. The first kappa shape index (κ1) is 16.4. The summed E-state index contributed by atoms with van der Waals surface area (Å²) < 4.78 is 0. The van der Waals surface area contributed by atoms with Gasteiger partial charge in [0.1, 0.15) is 0 Å². The van der Waals surface area contributed by atoms with Crippen LogP contribution in [0.5, 0.6) is 0 Å². The number of hydrogen-bond acceptors (Lipinski definition) is 3. The lowest BCUT2D eigenvalue weighted by Crippen LogP contribution is -2.55. The molecule has 1 saturated heterocycles. The standard InChI is InChI=1S/C15H31N3O/c1-5-9-17-15(4,14(16)19)8-11-18-10-6-7-12(2)13(18)3/h12-13,17H,5-11H2,1-4H3,(H2,16,19). The fraction of sp³-hybridized carbons (Fsp3) is 0.933. The number of piperidine rings is 1. The summed E-state index contributed by atoms with van der Waals surface area (Å²) in [5.41, 5.74) is 5.00. The Balaban J connectivity index is 2.53. The summed E-state index contributed by atoms with van der Waals surface area (Å²) in [6.07, 6.45) is 4.39. The van der Waals surface area contributed by atoms with Crippen LogP contribution in [0.4, 0.5) is 0 Å². The third-order valence-corrected chi connectivity index (χ3v) is 4.71. The Morgan fingerprint density at radius 1 is 1.47 bits per heavy atom. The van der Waals surface area contributed by atoms with Crippen LogP contribution in [-0.2, 0) is 4.79 Å². The Morgan fingerprint density at radius 3 is 2.74 bits per heavy atom. The highest BCUT2D eigenvalue weighted by Crippen LogP contribution is 2.24. The first-order valence-electron chi connectivity index (χ1n) is 7.69. The Bertz CT molecular complexity index is 295. The molecular formula is C15H31N3O. The highest BCUT2D eigenvalue weighted by atomic mass is 16.1. The first-order chi connectivity index (χ1) is 8.90. The lowest BCUT2D eigenvalue weighted by molar-refractivity contribution is -0.124. The van der Waals surface area contributed by atoms with E-state index < -0.39 is 5.54 Å². The van der Waals surface area contributed by atoms with Crippen LogP contribution in [0.2, 0.25) is 0 Å². The number of nitrogens with zero attached hydrogens (tertiary/aromatic N) is 1. The number of rotatable bonds is 7. The van der Waals surface area contributed by atoms with Gasteiger partial charge in [-0.25, -0.2) is 0 Å². The molecule has 19 heavy (non-hydrogen) atoms. The number of hydrogen-bond donors (Lipinski definition) is 2. The maximum atomic E-state index is 11.7. The van der Waals surface area contributed by atoms with Crippen LogP contribution in [0.1, 0.15) is 53.4 Å². The highest BCUT2D eigenvalue weighted by molar-refractivity contribution is 5.84. The first-order valence-corrected chi connectivity index (χ1v) is 7.69. The quantitative estimate of drug-likeness (QED) is 0.740. The largest absolute Gasteiger partial charge is 0.368 e. The lowest BCUT2D eigenvalue weighted by atomic mass is 9.90. The second-order valence-corrected chi connectivity index (χ2v) is 6.27. The van der Waals surface area contributed by atoms with Crippen LogP contribution in [0.15, 0.2) is 0 Å². The number of amides is 1. The van der Waals surface area contributed by atoms with Crippen molar-refractivity contribution in [3.63, 3.8) is 0 Å². The van der Waals surface area contributed by atoms with Crippen LogP contribution in [-0.4, -0.2) is 42.0 Å². The molecule has 3 unspecified atom stereocenters. The molecule has 1 aliphatic rings.